The lowest BCUT2D eigenvalue weighted by atomic mass is 10.8. The van der Waals surface area contributed by atoms with Crippen LogP contribution in [0.15, 0.2) is 0 Å². The van der Waals surface area contributed by atoms with E-state index in [1.54, 1.807) is 0 Å². The SMILES string of the molecule is B.OC(F)(F)F. The summed E-state index contributed by atoms with van der Waals surface area (Å²) in [6, 6.07) is 0. The van der Waals surface area contributed by atoms with E-state index in [0.29, 0.717) is 0 Å². The third kappa shape index (κ3) is 883. The van der Waals surface area contributed by atoms with Crippen molar-refractivity contribution in [3.05, 3.63) is 0 Å². The van der Waals surface area contributed by atoms with Gasteiger partial charge < -0.3 is 5.11 Å². The standard InChI is InChI=1S/CHF3O.BH3/c2-1(3,4)5;/h5H;1H3. The quantitative estimate of drug-likeness (QED) is 0.399. The van der Waals surface area contributed by atoms with Crippen molar-refractivity contribution in [1.29, 1.82) is 0 Å². The van der Waals surface area contributed by atoms with E-state index in [9.17, 15) is 13.2 Å². The zero-order valence-electron chi connectivity index (χ0n) is 2.08. The fraction of sp³-hybridized carbons (Fsp3) is 1.00. The van der Waals surface area contributed by atoms with Crippen molar-refractivity contribution in [3.8, 4) is 0 Å². The molecule has 1 N–H and O–H groups in total. The summed E-state index contributed by atoms with van der Waals surface area (Å²) in [6.45, 7) is 0. The zero-order chi connectivity index (χ0) is 4.50. The van der Waals surface area contributed by atoms with Gasteiger partial charge in [-0.05, 0) is 0 Å². The Morgan fingerprint density at radius 1 is 1.17 bits per heavy atom. The summed E-state index contributed by atoms with van der Waals surface area (Å²) in [6.07, 6.45) is -5.00. The van der Waals surface area contributed by atoms with E-state index in [0.717, 1.165) is 0 Å². The van der Waals surface area contributed by atoms with Crippen molar-refractivity contribution in [1.82, 2.24) is 0 Å². The summed E-state index contributed by atoms with van der Waals surface area (Å²) in [4.78, 5) is 0. The van der Waals surface area contributed by atoms with Crippen LogP contribution in [0.4, 0.5) is 13.2 Å². The third-order valence-corrected chi connectivity index (χ3v) is 0. The van der Waals surface area contributed by atoms with Crippen LogP contribution in [-0.4, -0.2) is 19.9 Å². The van der Waals surface area contributed by atoms with Crippen LogP contribution in [0, 0.1) is 0 Å². The predicted octanol–water partition coefficient (Wildman–Crippen LogP) is -0.685. The topological polar surface area (TPSA) is 20.2 Å². The molecule has 0 radical (unpaired) electrons. The minimum absolute atomic E-state index is 0. The highest BCUT2D eigenvalue weighted by Crippen LogP contribution is 2.06. The van der Waals surface area contributed by atoms with E-state index in [-0.39, 0.29) is 8.41 Å². The summed E-state index contributed by atoms with van der Waals surface area (Å²) in [5.41, 5.74) is 0. The lowest BCUT2D eigenvalue weighted by Crippen LogP contribution is -2.01. The third-order valence-electron chi connectivity index (χ3n) is 0. The first kappa shape index (κ1) is 9.26. The average molecular weight is 99.8 g/mol. The molecule has 0 aliphatic rings. The molecule has 0 atom stereocenters. The minimum Gasteiger partial charge on any atom is -0.308 e. The fourth-order valence-electron chi connectivity index (χ4n) is 0. The smallest absolute Gasteiger partial charge is 0.308 e. The molecule has 0 unspecified atom stereocenters. The second-order valence-electron chi connectivity index (χ2n) is 0.468. The van der Waals surface area contributed by atoms with Gasteiger partial charge in [-0.15, -0.1) is 13.2 Å². The second-order valence-corrected chi connectivity index (χ2v) is 0.468. The van der Waals surface area contributed by atoms with Crippen molar-refractivity contribution in [2.75, 3.05) is 0 Å². The van der Waals surface area contributed by atoms with Gasteiger partial charge in [-0.25, -0.2) is 0 Å². The highest BCUT2D eigenvalue weighted by Gasteiger charge is 2.20. The Bertz CT molecular complexity index is 26.3. The molecular weight excluding hydrogens is 95.8 g/mol. The van der Waals surface area contributed by atoms with Crippen LogP contribution < -0.4 is 0 Å². The number of rotatable bonds is 0. The monoisotopic (exact) mass is 100 g/mol. The minimum atomic E-state index is -5.00. The zero-order valence-corrected chi connectivity index (χ0v) is 2.08. The maximum absolute atomic E-state index is 9.91. The van der Waals surface area contributed by atoms with Crippen LogP contribution in [-0.2, 0) is 0 Å². The molecule has 0 rings (SSSR count). The number of hydrogen-bond acceptors (Lipinski definition) is 1. The first-order chi connectivity index (χ1) is 2.00. The van der Waals surface area contributed by atoms with Crippen molar-refractivity contribution in [2.45, 2.75) is 6.36 Å². The molecule has 1 nitrogen and oxygen atoms in total. The lowest BCUT2D eigenvalue weighted by Gasteiger charge is -1.86. The highest BCUT2D eigenvalue weighted by atomic mass is 19.4. The fourth-order valence-corrected chi connectivity index (χ4v) is 0. The molecule has 5 heteroatoms. The van der Waals surface area contributed by atoms with Crippen LogP contribution in [0.1, 0.15) is 0 Å². The Kier molecular flexibility index (Phi) is 3.20. The molecule has 0 aliphatic carbocycles. The molecule has 0 saturated carbocycles. The molecule has 38 valence electrons. The van der Waals surface area contributed by atoms with Gasteiger partial charge in [0.05, 0.1) is 8.41 Å². The van der Waals surface area contributed by atoms with Gasteiger partial charge in [0, 0.05) is 0 Å². The van der Waals surface area contributed by atoms with Crippen LogP contribution in [0.2, 0.25) is 0 Å². The average Bonchev–Trinajstić information content (AvgIpc) is 0.722. The first-order valence-corrected chi connectivity index (χ1v) is 0.791. The molecule has 0 heterocycles. The van der Waals surface area contributed by atoms with E-state index < -0.39 is 6.36 Å². The molecule has 0 bridgehead atoms. The van der Waals surface area contributed by atoms with Gasteiger partial charge in [-0.2, -0.15) is 0 Å². The number of hydrogen-bond donors (Lipinski definition) is 1. The summed E-state index contributed by atoms with van der Waals surface area (Å²) < 4.78 is 29.7. The first-order valence-electron chi connectivity index (χ1n) is 0.791. The molecular formula is CH4BF3O. The van der Waals surface area contributed by atoms with Gasteiger partial charge >= 0.3 is 6.36 Å². The largest absolute Gasteiger partial charge is 0.519 e. The molecule has 0 fully saturated rings. The van der Waals surface area contributed by atoms with Crippen LogP contribution >= 0.6 is 0 Å². The Morgan fingerprint density at radius 2 is 1.17 bits per heavy atom. The number of aliphatic hydroxyl groups is 1. The number of alkyl halides is 3. The summed E-state index contributed by atoms with van der Waals surface area (Å²) >= 11 is 0. The van der Waals surface area contributed by atoms with Gasteiger partial charge in [0.25, 0.3) is 0 Å². The van der Waals surface area contributed by atoms with Gasteiger partial charge in [-0.3, -0.25) is 0 Å². The predicted molar refractivity (Wildman–Crippen MR) is 18.2 cm³/mol. The summed E-state index contributed by atoms with van der Waals surface area (Å²) in [7, 11) is 0. The molecule has 0 aromatic rings. The number of halogens is 3. The normalized spacial score (nSPS) is 10.0. The van der Waals surface area contributed by atoms with Crippen LogP contribution in [0.25, 0.3) is 0 Å². The summed E-state index contributed by atoms with van der Waals surface area (Å²) in [5.74, 6) is 0. The van der Waals surface area contributed by atoms with E-state index >= 15 is 0 Å². The molecule has 0 aromatic heterocycles. The van der Waals surface area contributed by atoms with Gasteiger partial charge in [-0.1, -0.05) is 0 Å². The van der Waals surface area contributed by atoms with Gasteiger partial charge in [0.2, 0.25) is 0 Å². The van der Waals surface area contributed by atoms with Crippen LogP contribution in [0.3, 0.4) is 0 Å². The Labute approximate surface area is 34.4 Å². The maximum Gasteiger partial charge on any atom is 0.519 e. The molecule has 0 aromatic carbocycles. The maximum atomic E-state index is 9.91. The molecule has 0 saturated heterocycles. The Morgan fingerprint density at radius 3 is 1.17 bits per heavy atom. The van der Waals surface area contributed by atoms with Crippen molar-refractivity contribution in [2.24, 2.45) is 0 Å². The van der Waals surface area contributed by atoms with Crippen LogP contribution in [0.5, 0.6) is 0 Å². The Balaban J connectivity index is 0. The van der Waals surface area contributed by atoms with Gasteiger partial charge in [0.15, 0.2) is 0 Å². The Hall–Kier alpha value is -0.185. The second kappa shape index (κ2) is 2.07. The molecule has 0 spiro atoms. The van der Waals surface area contributed by atoms with Crippen molar-refractivity contribution in [3.63, 3.8) is 0 Å². The van der Waals surface area contributed by atoms with Gasteiger partial charge in [0.1, 0.15) is 0 Å². The summed E-state index contributed by atoms with van der Waals surface area (Å²) in [5, 5.41) is 6.52. The molecule has 6 heavy (non-hydrogen) atoms. The lowest BCUT2D eigenvalue weighted by molar-refractivity contribution is -0.295. The van der Waals surface area contributed by atoms with E-state index in [2.05, 4.69) is 0 Å². The van der Waals surface area contributed by atoms with E-state index in [4.69, 9.17) is 5.11 Å². The molecule has 0 amide bonds. The van der Waals surface area contributed by atoms with Crippen molar-refractivity contribution >= 4 is 8.41 Å². The van der Waals surface area contributed by atoms with E-state index in [1.165, 1.54) is 0 Å². The molecule has 0 aliphatic heterocycles. The van der Waals surface area contributed by atoms with E-state index in [1.807, 2.05) is 0 Å². The van der Waals surface area contributed by atoms with Crippen molar-refractivity contribution < 1.29 is 18.3 Å². The highest BCUT2D eigenvalue weighted by molar-refractivity contribution is 5.75.